The molecule has 2 aliphatic rings. The molecule has 6 nitrogen and oxygen atoms in total. The Labute approximate surface area is 133 Å². The van der Waals surface area contributed by atoms with Gasteiger partial charge in [-0.1, -0.05) is 26.2 Å². The lowest BCUT2D eigenvalue weighted by molar-refractivity contribution is -0.139. The molecule has 1 aliphatic heterocycles. The second kappa shape index (κ2) is 7.27. The first-order valence-corrected chi connectivity index (χ1v) is 10.1. The molecule has 2 rings (SSSR count). The van der Waals surface area contributed by atoms with Crippen molar-refractivity contribution in [2.75, 3.05) is 18.8 Å². The lowest BCUT2D eigenvalue weighted by Crippen LogP contribution is -2.58. The van der Waals surface area contributed by atoms with Gasteiger partial charge >= 0.3 is 0 Å². The molecule has 1 saturated heterocycles. The van der Waals surface area contributed by atoms with Gasteiger partial charge in [-0.2, -0.15) is 0 Å². The third kappa shape index (κ3) is 4.43. The van der Waals surface area contributed by atoms with Crippen molar-refractivity contribution in [2.24, 2.45) is 5.73 Å². The zero-order valence-electron chi connectivity index (χ0n) is 13.5. The van der Waals surface area contributed by atoms with Crippen molar-refractivity contribution in [3.8, 4) is 0 Å². The minimum Gasteiger partial charge on any atom is -0.341 e. The van der Waals surface area contributed by atoms with E-state index in [1.54, 1.807) is 0 Å². The predicted molar refractivity (Wildman–Crippen MR) is 86.8 cm³/mol. The van der Waals surface area contributed by atoms with E-state index in [0.717, 1.165) is 32.1 Å². The van der Waals surface area contributed by atoms with Crippen LogP contribution in [0.1, 0.15) is 58.3 Å². The van der Waals surface area contributed by atoms with Gasteiger partial charge in [-0.25, -0.2) is 13.1 Å². The monoisotopic (exact) mass is 331 g/mol. The summed E-state index contributed by atoms with van der Waals surface area (Å²) in [5.74, 6) is 0.222. The molecule has 2 fully saturated rings. The van der Waals surface area contributed by atoms with Crippen molar-refractivity contribution in [3.63, 3.8) is 0 Å². The van der Waals surface area contributed by atoms with Gasteiger partial charge in [0.2, 0.25) is 15.9 Å². The van der Waals surface area contributed by atoms with Gasteiger partial charge in [0.05, 0.1) is 11.3 Å². The summed E-state index contributed by atoms with van der Waals surface area (Å²) in [5, 5.41) is 0. The van der Waals surface area contributed by atoms with Crippen molar-refractivity contribution < 1.29 is 13.2 Å². The lowest BCUT2D eigenvalue weighted by Gasteiger charge is -2.40. The summed E-state index contributed by atoms with van der Waals surface area (Å²) in [7, 11) is -3.18. The maximum absolute atomic E-state index is 12.6. The third-order valence-electron chi connectivity index (χ3n) is 4.77. The first-order valence-electron chi connectivity index (χ1n) is 8.44. The normalized spacial score (nSPS) is 23.5. The van der Waals surface area contributed by atoms with Crippen LogP contribution < -0.4 is 10.5 Å². The topological polar surface area (TPSA) is 92.5 Å². The van der Waals surface area contributed by atoms with Gasteiger partial charge in [0.1, 0.15) is 0 Å². The van der Waals surface area contributed by atoms with E-state index in [1.165, 1.54) is 0 Å². The standard InChI is InChI=1S/C15H29N3O3S/c1-2-12-22(20,21)17-13-6-10-18(11-7-13)14(19)15(16)8-4-3-5-9-15/h13,17H,2-12,16H2,1H3. The maximum Gasteiger partial charge on any atom is 0.242 e. The molecule has 0 aromatic heterocycles. The van der Waals surface area contributed by atoms with Crippen molar-refractivity contribution in [1.29, 1.82) is 0 Å². The van der Waals surface area contributed by atoms with Gasteiger partial charge < -0.3 is 10.6 Å². The Bertz CT molecular complexity index is 478. The van der Waals surface area contributed by atoms with Crippen molar-refractivity contribution in [3.05, 3.63) is 0 Å². The maximum atomic E-state index is 12.6. The highest BCUT2D eigenvalue weighted by Gasteiger charge is 2.39. The average Bonchev–Trinajstić information content (AvgIpc) is 2.47. The molecule has 1 aliphatic carbocycles. The number of likely N-dealkylation sites (tertiary alicyclic amines) is 1. The van der Waals surface area contributed by atoms with Crippen LogP contribution in [0.25, 0.3) is 0 Å². The Kier molecular flexibility index (Phi) is 5.85. The molecule has 0 unspecified atom stereocenters. The molecular formula is C15H29N3O3S. The first-order chi connectivity index (χ1) is 10.4. The largest absolute Gasteiger partial charge is 0.341 e. The smallest absolute Gasteiger partial charge is 0.242 e. The molecule has 0 atom stereocenters. The summed E-state index contributed by atoms with van der Waals surface area (Å²) in [5.41, 5.74) is 5.62. The molecule has 1 amide bonds. The van der Waals surface area contributed by atoms with Gasteiger partial charge in [-0.3, -0.25) is 4.79 Å². The average molecular weight is 331 g/mol. The Morgan fingerprint density at radius 3 is 2.36 bits per heavy atom. The van der Waals surface area contributed by atoms with Gasteiger partial charge in [-0.15, -0.1) is 0 Å². The summed E-state index contributed by atoms with van der Waals surface area (Å²) in [4.78, 5) is 14.5. The second-order valence-corrected chi connectivity index (χ2v) is 8.59. The fourth-order valence-corrected chi connectivity index (χ4v) is 4.89. The molecule has 3 N–H and O–H groups in total. The van der Waals surface area contributed by atoms with Crippen LogP contribution in [0.15, 0.2) is 0 Å². The number of carbonyl (C=O) groups excluding carboxylic acids is 1. The Hall–Kier alpha value is -0.660. The molecule has 0 spiro atoms. The molecule has 128 valence electrons. The number of nitrogens with two attached hydrogens (primary N) is 1. The van der Waals surface area contributed by atoms with E-state index in [1.807, 2.05) is 11.8 Å². The Balaban J connectivity index is 1.85. The summed E-state index contributed by atoms with van der Waals surface area (Å²) >= 11 is 0. The van der Waals surface area contributed by atoms with Crippen LogP contribution in [0, 0.1) is 0 Å². The quantitative estimate of drug-likeness (QED) is 0.785. The molecular weight excluding hydrogens is 302 g/mol. The van der Waals surface area contributed by atoms with Crippen molar-refractivity contribution in [1.82, 2.24) is 9.62 Å². The number of rotatable bonds is 5. The van der Waals surface area contributed by atoms with Crippen LogP contribution in [-0.2, 0) is 14.8 Å². The van der Waals surface area contributed by atoms with Crippen molar-refractivity contribution >= 4 is 15.9 Å². The van der Waals surface area contributed by atoms with Crippen LogP contribution in [-0.4, -0.2) is 49.6 Å². The number of carbonyl (C=O) groups is 1. The third-order valence-corrected chi connectivity index (χ3v) is 6.41. The van der Waals surface area contributed by atoms with Gasteiger partial charge in [-0.05, 0) is 32.1 Å². The zero-order valence-corrected chi connectivity index (χ0v) is 14.3. The molecule has 0 bridgehead atoms. The highest BCUT2D eigenvalue weighted by atomic mass is 32.2. The number of hydrogen-bond donors (Lipinski definition) is 2. The van der Waals surface area contributed by atoms with Crippen LogP contribution in [0.4, 0.5) is 0 Å². The zero-order chi connectivity index (χ0) is 16.2. The summed E-state index contributed by atoms with van der Waals surface area (Å²) in [6, 6.07) is -0.0549. The van der Waals surface area contributed by atoms with E-state index < -0.39 is 15.6 Å². The molecule has 22 heavy (non-hydrogen) atoms. The van der Waals surface area contributed by atoms with E-state index in [2.05, 4.69) is 4.72 Å². The summed E-state index contributed by atoms with van der Waals surface area (Å²) in [6.45, 7) is 3.04. The van der Waals surface area contributed by atoms with Gasteiger partial charge in [0.25, 0.3) is 0 Å². The predicted octanol–water partition coefficient (Wildman–Crippen LogP) is 0.968. The number of sulfonamides is 1. The SMILES string of the molecule is CCCS(=O)(=O)NC1CCN(C(=O)C2(N)CCCCC2)CC1. The van der Waals surface area contributed by atoms with Gasteiger partial charge in [0.15, 0.2) is 0 Å². The van der Waals surface area contributed by atoms with Crippen LogP contribution in [0.3, 0.4) is 0 Å². The Morgan fingerprint density at radius 2 is 1.82 bits per heavy atom. The highest BCUT2D eigenvalue weighted by molar-refractivity contribution is 7.89. The van der Waals surface area contributed by atoms with E-state index in [0.29, 0.717) is 32.4 Å². The van der Waals surface area contributed by atoms with E-state index in [-0.39, 0.29) is 17.7 Å². The number of piperidine rings is 1. The molecule has 1 heterocycles. The molecule has 0 radical (unpaired) electrons. The minimum absolute atomic E-state index is 0.0549. The minimum atomic E-state index is -3.18. The summed E-state index contributed by atoms with van der Waals surface area (Å²) in [6.07, 6.45) is 6.71. The van der Waals surface area contributed by atoms with E-state index >= 15 is 0 Å². The van der Waals surface area contributed by atoms with Crippen LogP contribution >= 0.6 is 0 Å². The van der Waals surface area contributed by atoms with E-state index in [9.17, 15) is 13.2 Å². The second-order valence-electron chi connectivity index (χ2n) is 6.72. The van der Waals surface area contributed by atoms with E-state index in [4.69, 9.17) is 5.73 Å². The number of nitrogens with one attached hydrogen (secondary N) is 1. The summed E-state index contributed by atoms with van der Waals surface area (Å²) < 4.78 is 26.3. The Morgan fingerprint density at radius 1 is 1.23 bits per heavy atom. The van der Waals surface area contributed by atoms with Gasteiger partial charge in [0, 0.05) is 19.1 Å². The van der Waals surface area contributed by atoms with Crippen LogP contribution in [0.2, 0.25) is 0 Å². The van der Waals surface area contributed by atoms with Crippen LogP contribution in [0.5, 0.6) is 0 Å². The molecule has 1 saturated carbocycles. The lowest BCUT2D eigenvalue weighted by atomic mass is 9.81. The number of nitrogens with zero attached hydrogens (tertiary/aromatic N) is 1. The fourth-order valence-electron chi connectivity index (χ4n) is 3.49. The molecule has 7 heteroatoms. The number of hydrogen-bond acceptors (Lipinski definition) is 4. The van der Waals surface area contributed by atoms with Crippen molar-refractivity contribution in [2.45, 2.75) is 69.9 Å². The number of amides is 1. The fraction of sp³-hybridized carbons (Fsp3) is 0.933. The molecule has 0 aromatic rings. The highest BCUT2D eigenvalue weighted by Crippen LogP contribution is 2.28. The first kappa shape index (κ1) is 17.7. The molecule has 0 aromatic carbocycles.